The van der Waals surface area contributed by atoms with Crippen LogP contribution in [-0.2, 0) is 16.0 Å². The standard InChI is InChI=1S/C18H16Cl2N2O2/c1-2-11-3-5-12(6-4-11)21-16-10-17(23)22(18(16)24)13-7-8-14(19)15(20)9-13/h3-9,16,21H,2,10H2,1H3. The number of carbonyl (C=O) groups excluding carboxylic acids is 2. The number of halogens is 2. The van der Waals surface area contributed by atoms with Gasteiger partial charge in [0.15, 0.2) is 0 Å². The van der Waals surface area contributed by atoms with Crippen LogP contribution in [0.3, 0.4) is 0 Å². The quantitative estimate of drug-likeness (QED) is 0.824. The fourth-order valence-corrected chi connectivity index (χ4v) is 2.97. The zero-order chi connectivity index (χ0) is 17.3. The van der Waals surface area contributed by atoms with E-state index in [1.54, 1.807) is 12.1 Å². The lowest BCUT2D eigenvalue weighted by Gasteiger charge is -2.16. The van der Waals surface area contributed by atoms with Gasteiger partial charge in [0.1, 0.15) is 6.04 Å². The largest absolute Gasteiger partial charge is 0.373 e. The Bertz CT molecular complexity index is 790. The normalized spacial score (nSPS) is 17.5. The molecule has 1 heterocycles. The summed E-state index contributed by atoms with van der Waals surface area (Å²) in [5.41, 5.74) is 2.46. The van der Waals surface area contributed by atoms with E-state index in [1.807, 2.05) is 24.3 Å². The SMILES string of the molecule is CCc1ccc(NC2CC(=O)N(c3ccc(Cl)c(Cl)c3)C2=O)cc1. The summed E-state index contributed by atoms with van der Waals surface area (Å²) >= 11 is 11.9. The Hall–Kier alpha value is -2.04. The molecule has 1 N–H and O–H groups in total. The molecule has 0 spiro atoms. The van der Waals surface area contributed by atoms with Crippen molar-refractivity contribution >= 4 is 46.4 Å². The third kappa shape index (κ3) is 3.25. The number of amides is 2. The first kappa shape index (κ1) is 16.8. The summed E-state index contributed by atoms with van der Waals surface area (Å²) in [4.78, 5) is 26.0. The van der Waals surface area contributed by atoms with Crippen LogP contribution in [0.4, 0.5) is 11.4 Å². The van der Waals surface area contributed by atoms with E-state index >= 15 is 0 Å². The summed E-state index contributed by atoms with van der Waals surface area (Å²) in [6, 6.07) is 12.0. The Morgan fingerprint density at radius 2 is 1.79 bits per heavy atom. The maximum Gasteiger partial charge on any atom is 0.256 e. The van der Waals surface area contributed by atoms with Crippen molar-refractivity contribution in [2.75, 3.05) is 10.2 Å². The fraction of sp³-hybridized carbons (Fsp3) is 0.222. The zero-order valence-corrected chi connectivity index (χ0v) is 14.6. The fourth-order valence-electron chi connectivity index (χ4n) is 2.68. The monoisotopic (exact) mass is 362 g/mol. The molecule has 4 nitrogen and oxygen atoms in total. The Balaban J connectivity index is 1.79. The lowest BCUT2D eigenvalue weighted by Crippen LogP contribution is -2.34. The highest BCUT2D eigenvalue weighted by Crippen LogP contribution is 2.30. The van der Waals surface area contributed by atoms with Crippen LogP contribution in [-0.4, -0.2) is 17.9 Å². The minimum atomic E-state index is -0.584. The van der Waals surface area contributed by atoms with Crippen LogP contribution < -0.4 is 10.2 Å². The van der Waals surface area contributed by atoms with E-state index in [0.29, 0.717) is 15.7 Å². The number of hydrogen-bond acceptors (Lipinski definition) is 3. The molecule has 1 atom stereocenters. The molecule has 2 amide bonds. The third-order valence-corrected chi connectivity index (χ3v) is 4.75. The molecular formula is C18H16Cl2N2O2. The van der Waals surface area contributed by atoms with Gasteiger partial charge in [-0.15, -0.1) is 0 Å². The molecule has 24 heavy (non-hydrogen) atoms. The maximum absolute atomic E-state index is 12.6. The van der Waals surface area contributed by atoms with Crippen molar-refractivity contribution in [3.8, 4) is 0 Å². The molecule has 2 aromatic rings. The molecule has 124 valence electrons. The van der Waals surface area contributed by atoms with Crippen LogP contribution >= 0.6 is 23.2 Å². The molecule has 1 aliphatic rings. The molecule has 0 saturated carbocycles. The second-order valence-electron chi connectivity index (χ2n) is 5.62. The smallest absolute Gasteiger partial charge is 0.256 e. The molecule has 0 bridgehead atoms. The molecule has 0 aromatic heterocycles. The molecule has 1 fully saturated rings. The van der Waals surface area contributed by atoms with Crippen molar-refractivity contribution < 1.29 is 9.59 Å². The van der Waals surface area contributed by atoms with Crippen LogP contribution in [0.25, 0.3) is 0 Å². The van der Waals surface area contributed by atoms with Gasteiger partial charge in [-0.2, -0.15) is 0 Å². The Morgan fingerprint density at radius 3 is 2.42 bits per heavy atom. The number of anilines is 2. The molecule has 1 saturated heterocycles. The lowest BCUT2D eigenvalue weighted by atomic mass is 10.1. The van der Waals surface area contributed by atoms with Gasteiger partial charge in [0.2, 0.25) is 5.91 Å². The third-order valence-electron chi connectivity index (χ3n) is 4.01. The second-order valence-corrected chi connectivity index (χ2v) is 6.43. The van der Waals surface area contributed by atoms with Gasteiger partial charge in [-0.05, 0) is 42.3 Å². The van der Waals surface area contributed by atoms with Crippen LogP contribution in [0, 0.1) is 0 Å². The van der Waals surface area contributed by atoms with E-state index in [4.69, 9.17) is 23.2 Å². The predicted molar refractivity (Wildman–Crippen MR) is 96.8 cm³/mol. The number of aryl methyl sites for hydroxylation is 1. The number of hydrogen-bond donors (Lipinski definition) is 1. The van der Waals surface area contributed by atoms with Gasteiger partial charge >= 0.3 is 0 Å². The topological polar surface area (TPSA) is 49.4 Å². The van der Waals surface area contributed by atoms with E-state index in [-0.39, 0.29) is 18.2 Å². The number of imide groups is 1. The molecule has 1 aliphatic heterocycles. The highest BCUT2D eigenvalue weighted by atomic mass is 35.5. The van der Waals surface area contributed by atoms with E-state index in [9.17, 15) is 9.59 Å². The van der Waals surface area contributed by atoms with Gasteiger partial charge in [-0.25, -0.2) is 4.90 Å². The van der Waals surface area contributed by atoms with Gasteiger partial charge in [0.05, 0.1) is 22.2 Å². The Morgan fingerprint density at radius 1 is 1.08 bits per heavy atom. The minimum absolute atomic E-state index is 0.106. The van der Waals surface area contributed by atoms with E-state index in [0.717, 1.165) is 17.0 Å². The number of nitrogens with zero attached hydrogens (tertiary/aromatic N) is 1. The number of rotatable bonds is 4. The summed E-state index contributed by atoms with van der Waals surface area (Å²) in [6.07, 6.45) is 1.06. The number of benzene rings is 2. The van der Waals surface area contributed by atoms with Crippen LogP contribution in [0.5, 0.6) is 0 Å². The second kappa shape index (κ2) is 6.83. The summed E-state index contributed by atoms with van der Waals surface area (Å²) in [5, 5.41) is 3.81. The molecule has 0 radical (unpaired) electrons. The molecule has 6 heteroatoms. The summed E-state index contributed by atoms with van der Waals surface area (Å²) in [6.45, 7) is 2.08. The van der Waals surface area contributed by atoms with Gasteiger partial charge in [-0.1, -0.05) is 42.3 Å². The highest BCUT2D eigenvalue weighted by Gasteiger charge is 2.39. The van der Waals surface area contributed by atoms with Gasteiger partial charge in [-0.3, -0.25) is 9.59 Å². The first-order valence-electron chi connectivity index (χ1n) is 7.67. The van der Waals surface area contributed by atoms with E-state index in [1.165, 1.54) is 11.6 Å². The van der Waals surface area contributed by atoms with Crippen LogP contribution in [0.15, 0.2) is 42.5 Å². The molecule has 2 aromatic carbocycles. The molecule has 0 aliphatic carbocycles. The van der Waals surface area contributed by atoms with Crippen LogP contribution in [0.1, 0.15) is 18.9 Å². The lowest BCUT2D eigenvalue weighted by molar-refractivity contribution is -0.121. The first-order valence-corrected chi connectivity index (χ1v) is 8.42. The van der Waals surface area contributed by atoms with Crippen molar-refractivity contribution in [3.63, 3.8) is 0 Å². The Labute approximate surface area is 150 Å². The van der Waals surface area contributed by atoms with Crippen molar-refractivity contribution in [1.29, 1.82) is 0 Å². The van der Waals surface area contributed by atoms with Crippen molar-refractivity contribution in [3.05, 3.63) is 58.1 Å². The summed E-state index contributed by atoms with van der Waals surface area (Å²) in [7, 11) is 0. The zero-order valence-electron chi connectivity index (χ0n) is 13.1. The van der Waals surface area contributed by atoms with Crippen molar-refractivity contribution in [2.24, 2.45) is 0 Å². The molecule has 3 rings (SSSR count). The van der Waals surface area contributed by atoms with E-state index in [2.05, 4.69) is 12.2 Å². The average Bonchev–Trinajstić information content (AvgIpc) is 2.85. The number of nitrogens with one attached hydrogen (secondary N) is 1. The number of carbonyl (C=O) groups is 2. The minimum Gasteiger partial charge on any atom is -0.373 e. The summed E-state index contributed by atoms with van der Waals surface area (Å²) in [5.74, 6) is -0.556. The highest BCUT2D eigenvalue weighted by molar-refractivity contribution is 6.42. The summed E-state index contributed by atoms with van der Waals surface area (Å²) < 4.78 is 0. The molecule has 1 unspecified atom stereocenters. The average molecular weight is 363 g/mol. The molecular weight excluding hydrogens is 347 g/mol. The first-order chi connectivity index (χ1) is 11.5. The van der Waals surface area contributed by atoms with E-state index < -0.39 is 6.04 Å². The van der Waals surface area contributed by atoms with Gasteiger partial charge in [0.25, 0.3) is 5.91 Å². The Kier molecular flexibility index (Phi) is 4.78. The van der Waals surface area contributed by atoms with Crippen LogP contribution in [0.2, 0.25) is 10.0 Å². The van der Waals surface area contributed by atoms with Crippen molar-refractivity contribution in [1.82, 2.24) is 0 Å². The van der Waals surface area contributed by atoms with Gasteiger partial charge < -0.3 is 5.32 Å². The predicted octanol–water partition coefficient (Wildman–Crippen LogP) is 4.30. The van der Waals surface area contributed by atoms with Gasteiger partial charge in [0, 0.05) is 5.69 Å². The van der Waals surface area contributed by atoms with Crippen molar-refractivity contribution in [2.45, 2.75) is 25.8 Å². The maximum atomic E-state index is 12.6.